The van der Waals surface area contributed by atoms with E-state index in [4.69, 9.17) is 9.47 Å². The number of rotatable bonds is 4. The van der Waals surface area contributed by atoms with E-state index in [1.807, 2.05) is 36.9 Å². The van der Waals surface area contributed by atoms with Gasteiger partial charge in [-0.2, -0.15) is 0 Å². The highest BCUT2D eigenvalue weighted by Gasteiger charge is 2.22. The fourth-order valence-corrected chi connectivity index (χ4v) is 3.00. The third kappa shape index (κ3) is 3.37. The van der Waals surface area contributed by atoms with Gasteiger partial charge >= 0.3 is 0 Å². The Kier molecular flexibility index (Phi) is 4.74. The second kappa shape index (κ2) is 6.95. The molecule has 3 rings (SSSR count). The molecule has 24 heavy (non-hydrogen) atoms. The lowest BCUT2D eigenvalue weighted by molar-refractivity contribution is 0.0734. The van der Waals surface area contributed by atoms with E-state index < -0.39 is 0 Å². The van der Waals surface area contributed by atoms with Crippen LogP contribution in [-0.4, -0.2) is 30.6 Å². The molecular weight excluding hydrogens is 302 g/mol. The van der Waals surface area contributed by atoms with Crippen molar-refractivity contribution in [3.8, 4) is 11.5 Å². The van der Waals surface area contributed by atoms with Crippen LogP contribution in [0.2, 0.25) is 0 Å². The molecule has 1 heterocycles. The Balaban J connectivity index is 1.80. The maximum absolute atomic E-state index is 12.8. The number of carbonyl (C=O) groups excluding carboxylic acids is 1. The van der Waals surface area contributed by atoms with Crippen molar-refractivity contribution in [3.63, 3.8) is 0 Å². The van der Waals surface area contributed by atoms with E-state index in [1.165, 1.54) is 11.1 Å². The standard InChI is InChI=1S/C20H23NO3/c1-14(2)24-18-9-8-16(12-19(18)23-3)20(22)21-11-10-15-6-4-5-7-17(15)13-21/h4-9,12,14H,10-11,13H2,1-3H3. The predicted molar refractivity (Wildman–Crippen MR) is 93.6 cm³/mol. The van der Waals surface area contributed by atoms with Gasteiger partial charge in [0.2, 0.25) is 0 Å². The number of benzene rings is 2. The number of amides is 1. The summed E-state index contributed by atoms with van der Waals surface area (Å²) in [5.74, 6) is 1.28. The van der Waals surface area contributed by atoms with Gasteiger partial charge in [0.1, 0.15) is 0 Å². The molecule has 0 radical (unpaired) electrons. The van der Waals surface area contributed by atoms with Gasteiger partial charge in [-0.05, 0) is 49.6 Å². The van der Waals surface area contributed by atoms with Crippen LogP contribution in [0, 0.1) is 0 Å². The second-order valence-corrected chi connectivity index (χ2v) is 6.28. The summed E-state index contributed by atoms with van der Waals surface area (Å²) in [5.41, 5.74) is 3.19. The van der Waals surface area contributed by atoms with Gasteiger partial charge in [-0.3, -0.25) is 4.79 Å². The largest absolute Gasteiger partial charge is 0.493 e. The maximum atomic E-state index is 12.8. The van der Waals surface area contributed by atoms with Gasteiger partial charge in [0.05, 0.1) is 13.2 Å². The molecule has 126 valence electrons. The summed E-state index contributed by atoms with van der Waals surface area (Å²) in [6.07, 6.45) is 0.951. The molecular formula is C20H23NO3. The zero-order valence-corrected chi connectivity index (χ0v) is 14.4. The highest BCUT2D eigenvalue weighted by molar-refractivity contribution is 5.95. The van der Waals surface area contributed by atoms with Gasteiger partial charge < -0.3 is 14.4 Å². The van der Waals surface area contributed by atoms with Gasteiger partial charge in [-0.1, -0.05) is 24.3 Å². The average Bonchev–Trinajstić information content (AvgIpc) is 2.60. The van der Waals surface area contributed by atoms with Crippen LogP contribution in [0.3, 0.4) is 0 Å². The molecule has 1 aliphatic rings. The Hall–Kier alpha value is -2.49. The summed E-state index contributed by atoms with van der Waals surface area (Å²) in [4.78, 5) is 14.7. The highest BCUT2D eigenvalue weighted by atomic mass is 16.5. The summed E-state index contributed by atoms with van der Waals surface area (Å²) >= 11 is 0. The van der Waals surface area contributed by atoms with E-state index in [-0.39, 0.29) is 12.0 Å². The molecule has 0 saturated heterocycles. The minimum atomic E-state index is 0.0268. The van der Waals surface area contributed by atoms with E-state index in [0.717, 1.165) is 13.0 Å². The van der Waals surface area contributed by atoms with Gasteiger partial charge in [0.25, 0.3) is 5.91 Å². The third-order valence-corrected chi connectivity index (χ3v) is 4.19. The molecule has 4 heteroatoms. The summed E-state index contributed by atoms with van der Waals surface area (Å²) in [6, 6.07) is 13.7. The quantitative estimate of drug-likeness (QED) is 0.861. The van der Waals surface area contributed by atoms with Crippen molar-refractivity contribution < 1.29 is 14.3 Å². The lowest BCUT2D eigenvalue weighted by Crippen LogP contribution is -2.35. The first-order chi connectivity index (χ1) is 11.6. The van der Waals surface area contributed by atoms with E-state index >= 15 is 0 Å². The monoisotopic (exact) mass is 325 g/mol. The Labute approximate surface area is 143 Å². The van der Waals surface area contributed by atoms with Crippen molar-refractivity contribution in [2.45, 2.75) is 32.9 Å². The molecule has 0 fully saturated rings. The number of hydrogen-bond acceptors (Lipinski definition) is 3. The van der Waals surface area contributed by atoms with E-state index in [0.29, 0.717) is 23.6 Å². The molecule has 0 atom stereocenters. The molecule has 1 aliphatic heterocycles. The first kappa shape index (κ1) is 16.4. The summed E-state index contributed by atoms with van der Waals surface area (Å²) in [6.45, 7) is 5.32. The Morgan fingerprint density at radius 3 is 2.54 bits per heavy atom. The Morgan fingerprint density at radius 2 is 1.83 bits per heavy atom. The van der Waals surface area contributed by atoms with Crippen molar-refractivity contribution in [3.05, 3.63) is 59.2 Å². The van der Waals surface area contributed by atoms with E-state index in [1.54, 1.807) is 13.2 Å². The van der Waals surface area contributed by atoms with Crippen molar-refractivity contribution in [2.24, 2.45) is 0 Å². The number of fused-ring (bicyclic) bond motifs is 1. The van der Waals surface area contributed by atoms with Crippen molar-refractivity contribution >= 4 is 5.91 Å². The van der Waals surface area contributed by atoms with Gasteiger partial charge in [0.15, 0.2) is 11.5 Å². The SMILES string of the molecule is COc1cc(C(=O)N2CCc3ccccc3C2)ccc1OC(C)C. The van der Waals surface area contributed by atoms with E-state index in [2.05, 4.69) is 18.2 Å². The molecule has 1 amide bonds. The second-order valence-electron chi connectivity index (χ2n) is 6.28. The molecule has 2 aromatic carbocycles. The number of methoxy groups -OCH3 is 1. The van der Waals surface area contributed by atoms with Gasteiger partial charge in [0, 0.05) is 18.7 Å². The smallest absolute Gasteiger partial charge is 0.254 e. The van der Waals surface area contributed by atoms with Crippen molar-refractivity contribution in [2.75, 3.05) is 13.7 Å². The van der Waals surface area contributed by atoms with Crippen LogP contribution in [0.15, 0.2) is 42.5 Å². The molecule has 0 unspecified atom stereocenters. The lowest BCUT2D eigenvalue weighted by atomic mass is 9.99. The van der Waals surface area contributed by atoms with Crippen molar-refractivity contribution in [1.82, 2.24) is 4.90 Å². The number of ether oxygens (including phenoxy) is 2. The van der Waals surface area contributed by atoms with Crippen LogP contribution in [-0.2, 0) is 13.0 Å². The first-order valence-corrected chi connectivity index (χ1v) is 8.29. The Morgan fingerprint density at radius 1 is 1.08 bits per heavy atom. The number of nitrogens with zero attached hydrogens (tertiary/aromatic N) is 1. The van der Waals surface area contributed by atoms with Crippen LogP contribution in [0.5, 0.6) is 11.5 Å². The summed E-state index contributed by atoms with van der Waals surface area (Å²) in [5, 5.41) is 0. The average molecular weight is 325 g/mol. The molecule has 0 aliphatic carbocycles. The fourth-order valence-electron chi connectivity index (χ4n) is 3.00. The fraction of sp³-hybridized carbons (Fsp3) is 0.350. The summed E-state index contributed by atoms with van der Waals surface area (Å²) < 4.78 is 11.1. The predicted octanol–water partition coefficient (Wildman–Crippen LogP) is 3.68. The zero-order chi connectivity index (χ0) is 17.1. The van der Waals surface area contributed by atoms with Crippen LogP contribution in [0.25, 0.3) is 0 Å². The number of carbonyl (C=O) groups is 1. The minimum Gasteiger partial charge on any atom is -0.493 e. The lowest BCUT2D eigenvalue weighted by Gasteiger charge is -2.29. The van der Waals surface area contributed by atoms with Gasteiger partial charge in [-0.15, -0.1) is 0 Å². The van der Waals surface area contributed by atoms with Crippen LogP contribution >= 0.6 is 0 Å². The Bertz CT molecular complexity index is 739. The molecule has 4 nitrogen and oxygen atoms in total. The zero-order valence-electron chi connectivity index (χ0n) is 14.4. The first-order valence-electron chi connectivity index (χ1n) is 8.29. The molecule has 0 bridgehead atoms. The van der Waals surface area contributed by atoms with E-state index in [9.17, 15) is 4.79 Å². The summed E-state index contributed by atoms with van der Waals surface area (Å²) in [7, 11) is 1.59. The van der Waals surface area contributed by atoms with Gasteiger partial charge in [-0.25, -0.2) is 0 Å². The third-order valence-electron chi connectivity index (χ3n) is 4.19. The molecule has 0 saturated carbocycles. The molecule has 0 N–H and O–H groups in total. The van der Waals surface area contributed by atoms with Crippen molar-refractivity contribution in [1.29, 1.82) is 0 Å². The molecule has 0 aromatic heterocycles. The normalized spacial score (nSPS) is 13.6. The molecule has 0 spiro atoms. The van der Waals surface area contributed by atoms with Crippen LogP contribution in [0.4, 0.5) is 0 Å². The molecule has 2 aromatic rings. The van der Waals surface area contributed by atoms with Crippen LogP contribution in [0.1, 0.15) is 35.3 Å². The number of hydrogen-bond donors (Lipinski definition) is 0. The maximum Gasteiger partial charge on any atom is 0.254 e. The van der Waals surface area contributed by atoms with Crippen LogP contribution < -0.4 is 9.47 Å². The minimum absolute atomic E-state index is 0.0268. The highest BCUT2D eigenvalue weighted by Crippen LogP contribution is 2.30. The topological polar surface area (TPSA) is 38.8 Å².